The molecule has 0 aliphatic rings. The fourth-order valence-corrected chi connectivity index (χ4v) is 3.42. The maximum absolute atomic E-state index is 13.5. The molecule has 32 heavy (non-hydrogen) atoms. The monoisotopic (exact) mass is 481 g/mol. The maximum Gasteiger partial charge on any atom is 0.419 e. The van der Waals surface area contributed by atoms with E-state index in [1.807, 2.05) is 0 Å². The molecule has 0 bridgehead atoms. The van der Waals surface area contributed by atoms with Crippen molar-refractivity contribution >= 4 is 8.69 Å². The van der Waals surface area contributed by atoms with E-state index in [4.69, 9.17) is 15.0 Å². The minimum Gasteiger partial charge on any atom is -0.493 e. The van der Waals surface area contributed by atoms with Crippen LogP contribution in [0.2, 0.25) is 0 Å². The van der Waals surface area contributed by atoms with Crippen LogP contribution in [0.1, 0.15) is 29.5 Å². The molecule has 5 nitrogen and oxygen atoms in total. The Bertz CT molecular complexity index is 912. The predicted molar refractivity (Wildman–Crippen MR) is 110 cm³/mol. The van der Waals surface area contributed by atoms with E-state index in [1.165, 1.54) is 18.2 Å². The molecule has 0 amide bonds. The highest BCUT2D eigenvalue weighted by molar-refractivity contribution is 7.17. The van der Waals surface area contributed by atoms with Crippen molar-refractivity contribution in [1.29, 1.82) is 0 Å². The molecule has 0 aliphatic carbocycles. The average Bonchev–Trinajstić information content (AvgIpc) is 2.76. The van der Waals surface area contributed by atoms with Crippen LogP contribution in [0.3, 0.4) is 0 Å². The molecular weight excluding hydrogens is 456 g/mol. The summed E-state index contributed by atoms with van der Waals surface area (Å²) in [6, 6.07) is 7.08. The Morgan fingerprint density at radius 3 is 2.31 bits per heavy atom. The van der Waals surface area contributed by atoms with Crippen LogP contribution in [0.15, 0.2) is 36.4 Å². The molecule has 2 atom stereocenters. The summed E-state index contributed by atoms with van der Waals surface area (Å²) in [5.74, 6) is -2.29. The largest absolute Gasteiger partial charge is 0.493 e. The lowest BCUT2D eigenvalue weighted by atomic mass is 9.93. The minimum atomic E-state index is -4.66. The third kappa shape index (κ3) is 7.85. The SMILES string of the molecule is NC(CO)(CCc1ccc(OCCCc2ccc(F)c(F)c2)c(C(F)(F)F)c1)CO[PH2]=O. The normalized spacial score (nSPS) is 14.1. The van der Waals surface area contributed by atoms with E-state index < -0.39 is 44.2 Å². The van der Waals surface area contributed by atoms with Crippen LogP contribution in [-0.4, -0.2) is 30.5 Å². The zero-order chi connectivity index (χ0) is 23.8. The quantitative estimate of drug-likeness (QED) is 0.268. The summed E-state index contributed by atoms with van der Waals surface area (Å²) >= 11 is 0. The lowest BCUT2D eigenvalue weighted by Gasteiger charge is -2.26. The van der Waals surface area contributed by atoms with Crippen molar-refractivity contribution < 1.29 is 40.9 Å². The Kier molecular flexibility index (Phi) is 9.64. The number of alkyl halides is 3. The number of nitrogens with two attached hydrogens (primary N) is 1. The summed E-state index contributed by atoms with van der Waals surface area (Å²) in [7, 11) is -1.51. The topological polar surface area (TPSA) is 81.8 Å². The Hall–Kier alpha value is -2.00. The second-order valence-corrected chi connectivity index (χ2v) is 7.98. The highest BCUT2D eigenvalue weighted by Crippen LogP contribution is 2.37. The first-order chi connectivity index (χ1) is 15.1. The summed E-state index contributed by atoms with van der Waals surface area (Å²) < 4.78 is 87.3. The van der Waals surface area contributed by atoms with Gasteiger partial charge in [0.15, 0.2) is 20.3 Å². The third-order valence-electron chi connectivity index (χ3n) is 4.87. The molecule has 3 N–H and O–H groups in total. The number of benzene rings is 2. The van der Waals surface area contributed by atoms with Crippen molar-refractivity contribution in [2.45, 2.75) is 37.4 Å². The van der Waals surface area contributed by atoms with E-state index in [9.17, 15) is 31.6 Å². The van der Waals surface area contributed by atoms with Crippen molar-refractivity contribution in [2.75, 3.05) is 19.8 Å². The van der Waals surface area contributed by atoms with Crippen LogP contribution in [-0.2, 0) is 28.1 Å². The molecule has 0 heterocycles. The van der Waals surface area contributed by atoms with E-state index >= 15 is 0 Å². The first-order valence-corrected chi connectivity index (χ1v) is 10.7. The van der Waals surface area contributed by atoms with Crippen molar-refractivity contribution in [3.63, 3.8) is 0 Å². The van der Waals surface area contributed by atoms with Gasteiger partial charge in [0.05, 0.1) is 30.9 Å². The molecule has 0 aromatic heterocycles. The van der Waals surface area contributed by atoms with Gasteiger partial charge >= 0.3 is 6.18 Å². The molecule has 0 aliphatic heterocycles. The second kappa shape index (κ2) is 11.7. The van der Waals surface area contributed by atoms with E-state index in [2.05, 4.69) is 0 Å². The van der Waals surface area contributed by atoms with Crippen LogP contribution in [0.5, 0.6) is 5.75 Å². The molecular formula is C21H25F5NO4P. The minimum absolute atomic E-state index is 0.0489. The van der Waals surface area contributed by atoms with E-state index in [-0.39, 0.29) is 31.8 Å². The number of aliphatic hydroxyl groups excluding tert-OH is 1. The molecule has 0 radical (unpaired) electrons. The molecule has 0 fully saturated rings. The van der Waals surface area contributed by atoms with Gasteiger partial charge in [0.25, 0.3) is 0 Å². The van der Waals surface area contributed by atoms with Gasteiger partial charge in [-0.15, -0.1) is 0 Å². The van der Waals surface area contributed by atoms with Gasteiger partial charge in [0, 0.05) is 0 Å². The lowest BCUT2D eigenvalue weighted by Crippen LogP contribution is -2.47. The molecule has 2 rings (SSSR count). The first-order valence-electron chi connectivity index (χ1n) is 9.80. The first kappa shape index (κ1) is 26.3. The zero-order valence-corrected chi connectivity index (χ0v) is 18.3. The smallest absolute Gasteiger partial charge is 0.419 e. The summed E-state index contributed by atoms with van der Waals surface area (Å²) in [5.41, 5.74) is 4.62. The van der Waals surface area contributed by atoms with E-state index in [0.717, 1.165) is 18.2 Å². The van der Waals surface area contributed by atoms with Gasteiger partial charge in [-0.1, -0.05) is 12.1 Å². The third-order valence-corrected chi connectivity index (χ3v) is 5.17. The maximum atomic E-state index is 13.5. The van der Waals surface area contributed by atoms with Gasteiger partial charge in [-0.25, -0.2) is 8.78 Å². The highest BCUT2D eigenvalue weighted by atomic mass is 31.1. The van der Waals surface area contributed by atoms with Crippen LogP contribution >= 0.6 is 8.69 Å². The number of hydrogen-bond donors (Lipinski definition) is 2. The van der Waals surface area contributed by atoms with Gasteiger partial charge in [0.1, 0.15) is 5.75 Å². The standard InChI is InChI=1S/C21H25F5NO4P/c22-17-5-3-14(11-18(17)23)2-1-9-30-19-6-4-15(10-16(19)21(24,25)26)7-8-20(27,12-28)13-31-32-29/h3-6,10-11,28H,1-2,7-9,12-13,27,32H2. The molecule has 0 saturated heterocycles. The zero-order valence-electron chi connectivity index (χ0n) is 17.1. The van der Waals surface area contributed by atoms with Gasteiger partial charge < -0.3 is 20.1 Å². The van der Waals surface area contributed by atoms with Crippen molar-refractivity contribution in [1.82, 2.24) is 0 Å². The number of rotatable bonds is 12. The van der Waals surface area contributed by atoms with Crippen LogP contribution in [0, 0.1) is 11.6 Å². The van der Waals surface area contributed by atoms with Crippen LogP contribution < -0.4 is 10.5 Å². The summed E-state index contributed by atoms with van der Waals surface area (Å²) in [4.78, 5) is 0. The van der Waals surface area contributed by atoms with Crippen molar-refractivity contribution in [3.05, 3.63) is 64.7 Å². The molecule has 11 heteroatoms. The fraction of sp³-hybridized carbons (Fsp3) is 0.429. The summed E-state index contributed by atoms with van der Waals surface area (Å²) in [6.07, 6.45) is -3.79. The highest BCUT2D eigenvalue weighted by Gasteiger charge is 2.35. The molecule has 2 unspecified atom stereocenters. The Morgan fingerprint density at radius 2 is 1.69 bits per heavy atom. The lowest BCUT2D eigenvalue weighted by molar-refractivity contribution is -0.139. The number of aryl methyl sites for hydroxylation is 2. The molecule has 0 saturated carbocycles. The fourth-order valence-electron chi connectivity index (χ4n) is 3.02. The predicted octanol–water partition coefficient (Wildman–Crippen LogP) is 4.31. The summed E-state index contributed by atoms with van der Waals surface area (Å²) in [6.45, 7) is -0.696. The number of ether oxygens (including phenoxy) is 1. The molecule has 2 aromatic carbocycles. The number of halogens is 5. The van der Waals surface area contributed by atoms with Gasteiger partial charge in [-0.3, -0.25) is 4.57 Å². The van der Waals surface area contributed by atoms with Crippen LogP contribution in [0.4, 0.5) is 22.0 Å². The second-order valence-electron chi connectivity index (χ2n) is 7.46. The van der Waals surface area contributed by atoms with Gasteiger partial charge in [-0.05, 0) is 61.1 Å². The summed E-state index contributed by atoms with van der Waals surface area (Å²) in [5, 5.41) is 9.41. The van der Waals surface area contributed by atoms with E-state index in [1.54, 1.807) is 0 Å². The number of hydrogen-bond acceptors (Lipinski definition) is 5. The Labute approximate surface area is 183 Å². The van der Waals surface area contributed by atoms with Crippen molar-refractivity contribution in [2.24, 2.45) is 5.73 Å². The van der Waals surface area contributed by atoms with Crippen LogP contribution in [0.25, 0.3) is 0 Å². The van der Waals surface area contributed by atoms with Gasteiger partial charge in [-0.2, -0.15) is 13.2 Å². The van der Waals surface area contributed by atoms with Crippen molar-refractivity contribution in [3.8, 4) is 5.75 Å². The molecule has 0 spiro atoms. The van der Waals surface area contributed by atoms with Gasteiger partial charge in [0.2, 0.25) is 0 Å². The Balaban J connectivity index is 2.01. The average molecular weight is 481 g/mol. The molecule has 2 aromatic rings. The Morgan fingerprint density at radius 1 is 1.00 bits per heavy atom. The van der Waals surface area contributed by atoms with E-state index in [0.29, 0.717) is 24.0 Å². The number of aliphatic hydroxyl groups is 1. The molecule has 178 valence electrons.